The SMILES string of the molecule is COc1ccc(CCNC(=O)C(=O)Nc2cccc(C(C)=O)c2)cc1. The number of anilines is 1. The summed E-state index contributed by atoms with van der Waals surface area (Å²) in [6, 6.07) is 13.9. The Morgan fingerprint density at radius 2 is 1.72 bits per heavy atom. The van der Waals surface area contributed by atoms with E-state index >= 15 is 0 Å². The van der Waals surface area contributed by atoms with Gasteiger partial charge < -0.3 is 15.4 Å². The van der Waals surface area contributed by atoms with Crippen molar-refractivity contribution in [3.63, 3.8) is 0 Å². The molecule has 130 valence electrons. The zero-order chi connectivity index (χ0) is 18.2. The lowest BCUT2D eigenvalue weighted by atomic mass is 10.1. The fourth-order valence-electron chi connectivity index (χ4n) is 2.20. The fraction of sp³-hybridized carbons (Fsp3) is 0.211. The highest BCUT2D eigenvalue weighted by molar-refractivity contribution is 6.39. The predicted octanol–water partition coefficient (Wildman–Crippen LogP) is 2.20. The lowest BCUT2D eigenvalue weighted by molar-refractivity contribution is -0.136. The van der Waals surface area contributed by atoms with Gasteiger partial charge in [-0.05, 0) is 43.2 Å². The standard InChI is InChI=1S/C19H20N2O4/c1-13(22)15-4-3-5-16(12-15)21-19(24)18(23)20-11-10-14-6-8-17(25-2)9-7-14/h3-9,12H,10-11H2,1-2H3,(H,20,23)(H,21,24). The zero-order valence-corrected chi connectivity index (χ0v) is 14.2. The van der Waals surface area contributed by atoms with Crippen LogP contribution in [0.5, 0.6) is 5.75 Å². The van der Waals surface area contributed by atoms with E-state index in [0.29, 0.717) is 24.2 Å². The maximum atomic E-state index is 11.9. The molecule has 0 heterocycles. The van der Waals surface area contributed by atoms with Gasteiger partial charge in [0.2, 0.25) is 0 Å². The maximum absolute atomic E-state index is 11.9. The third-order valence-corrected chi connectivity index (χ3v) is 3.59. The molecule has 0 unspecified atom stereocenters. The molecule has 0 saturated heterocycles. The van der Waals surface area contributed by atoms with Crippen molar-refractivity contribution >= 4 is 23.3 Å². The average Bonchev–Trinajstić information content (AvgIpc) is 2.62. The minimum absolute atomic E-state index is 0.111. The molecule has 25 heavy (non-hydrogen) atoms. The number of ether oxygens (including phenoxy) is 1. The van der Waals surface area contributed by atoms with Crippen LogP contribution >= 0.6 is 0 Å². The highest BCUT2D eigenvalue weighted by Crippen LogP contribution is 2.12. The molecule has 2 aromatic carbocycles. The molecule has 2 amide bonds. The largest absolute Gasteiger partial charge is 0.497 e. The summed E-state index contributed by atoms with van der Waals surface area (Å²) in [4.78, 5) is 35.1. The summed E-state index contributed by atoms with van der Waals surface area (Å²) in [6.07, 6.45) is 0.600. The molecule has 6 nitrogen and oxygen atoms in total. The van der Waals surface area contributed by atoms with Gasteiger partial charge in [0.05, 0.1) is 7.11 Å². The van der Waals surface area contributed by atoms with Crippen LogP contribution in [-0.2, 0) is 16.0 Å². The Morgan fingerprint density at radius 3 is 2.36 bits per heavy atom. The Hall–Kier alpha value is -3.15. The topological polar surface area (TPSA) is 84.5 Å². The molecule has 6 heteroatoms. The molecule has 2 N–H and O–H groups in total. The number of methoxy groups -OCH3 is 1. The summed E-state index contributed by atoms with van der Waals surface area (Å²) in [5.41, 5.74) is 1.90. The minimum Gasteiger partial charge on any atom is -0.497 e. The summed E-state index contributed by atoms with van der Waals surface area (Å²) in [6.45, 7) is 1.78. The second kappa shape index (κ2) is 8.63. The van der Waals surface area contributed by atoms with E-state index in [9.17, 15) is 14.4 Å². The third kappa shape index (κ3) is 5.46. The molecule has 0 aliphatic heterocycles. The van der Waals surface area contributed by atoms with Crippen LogP contribution in [-0.4, -0.2) is 31.3 Å². The van der Waals surface area contributed by atoms with Crippen molar-refractivity contribution in [2.75, 3.05) is 19.0 Å². The first-order valence-electron chi connectivity index (χ1n) is 7.82. The van der Waals surface area contributed by atoms with Crippen molar-refractivity contribution in [1.82, 2.24) is 5.32 Å². The maximum Gasteiger partial charge on any atom is 0.313 e. The minimum atomic E-state index is -0.768. The molecule has 2 rings (SSSR count). The number of Topliss-reactive ketones (excluding diaryl/α,β-unsaturated/α-hetero) is 1. The molecular formula is C19H20N2O4. The molecule has 0 aromatic heterocycles. The Balaban J connectivity index is 1.82. The molecule has 0 fully saturated rings. The molecule has 0 atom stereocenters. The highest BCUT2D eigenvalue weighted by atomic mass is 16.5. The average molecular weight is 340 g/mol. The van der Waals surface area contributed by atoms with Crippen molar-refractivity contribution < 1.29 is 19.1 Å². The number of benzene rings is 2. The quantitative estimate of drug-likeness (QED) is 0.624. The highest BCUT2D eigenvalue weighted by Gasteiger charge is 2.13. The number of amides is 2. The van der Waals surface area contributed by atoms with Crippen LogP contribution < -0.4 is 15.4 Å². The van der Waals surface area contributed by atoms with E-state index in [0.717, 1.165) is 11.3 Å². The van der Waals surface area contributed by atoms with Crippen LogP contribution in [0.3, 0.4) is 0 Å². The molecule has 0 radical (unpaired) electrons. The van der Waals surface area contributed by atoms with Gasteiger partial charge >= 0.3 is 11.8 Å². The van der Waals surface area contributed by atoms with E-state index in [1.807, 2.05) is 24.3 Å². The molecule has 0 bridgehead atoms. The second-order valence-electron chi connectivity index (χ2n) is 5.45. The number of hydrogen-bond acceptors (Lipinski definition) is 4. The van der Waals surface area contributed by atoms with Crippen molar-refractivity contribution in [3.8, 4) is 5.75 Å². The van der Waals surface area contributed by atoms with Gasteiger partial charge in [0.15, 0.2) is 5.78 Å². The van der Waals surface area contributed by atoms with Crippen LogP contribution in [0.2, 0.25) is 0 Å². The van der Waals surface area contributed by atoms with Gasteiger partial charge in [-0.1, -0.05) is 24.3 Å². The summed E-state index contributed by atoms with van der Waals surface area (Å²) in [5, 5.41) is 5.05. The lowest BCUT2D eigenvalue weighted by Crippen LogP contribution is -2.36. The van der Waals surface area contributed by atoms with E-state index in [1.54, 1.807) is 25.3 Å². The number of hydrogen-bond donors (Lipinski definition) is 2. The van der Waals surface area contributed by atoms with Gasteiger partial charge in [0.25, 0.3) is 0 Å². The molecular weight excluding hydrogens is 320 g/mol. The zero-order valence-electron chi connectivity index (χ0n) is 14.2. The van der Waals surface area contributed by atoms with Gasteiger partial charge in [0.1, 0.15) is 5.75 Å². The molecule has 0 aliphatic carbocycles. The summed E-state index contributed by atoms with van der Waals surface area (Å²) in [5.74, 6) is -0.836. The molecule has 0 aliphatic rings. The van der Waals surface area contributed by atoms with Crippen LogP contribution in [0.4, 0.5) is 5.69 Å². The van der Waals surface area contributed by atoms with Crippen LogP contribution in [0.15, 0.2) is 48.5 Å². The lowest BCUT2D eigenvalue weighted by Gasteiger charge is -2.08. The third-order valence-electron chi connectivity index (χ3n) is 3.59. The fourth-order valence-corrected chi connectivity index (χ4v) is 2.20. The van der Waals surface area contributed by atoms with E-state index < -0.39 is 11.8 Å². The van der Waals surface area contributed by atoms with Gasteiger partial charge in [-0.2, -0.15) is 0 Å². The van der Waals surface area contributed by atoms with Crippen LogP contribution in [0.25, 0.3) is 0 Å². The summed E-state index contributed by atoms with van der Waals surface area (Å²) < 4.78 is 5.08. The number of carbonyl (C=O) groups is 3. The number of nitrogens with one attached hydrogen (secondary N) is 2. The Kier molecular flexibility index (Phi) is 6.28. The Labute approximate surface area is 146 Å². The van der Waals surface area contributed by atoms with Crippen molar-refractivity contribution in [1.29, 1.82) is 0 Å². The first kappa shape index (κ1) is 18.2. The van der Waals surface area contributed by atoms with E-state index in [4.69, 9.17) is 4.74 Å². The van der Waals surface area contributed by atoms with Crippen LogP contribution in [0.1, 0.15) is 22.8 Å². The van der Waals surface area contributed by atoms with Gasteiger partial charge in [0, 0.05) is 17.8 Å². The van der Waals surface area contributed by atoms with E-state index in [-0.39, 0.29) is 5.78 Å². The Morgan fingerprint density at radius 1 is 1.00 bits per heavy atom. The summed E-state index contributed by atoms with van der Waals surface area (Å²) in [7, 11) is 1.60. The number of carbonyl (C=O) groups excluding carboxylic acids is 3. The van der Waals surface area contributed by atoms with Crippen molar-refractivity contribution in [2.24, 2.45) is 0 Å². The van der Waals surface area contributed by atoms with Crippen molar-refractivity contribution in [3.05, 3.63) is 59.7 Å². The van der Waals surface area contributed by atoms with E-state index in [2.05, 4.69) is 10.6 Å². The Bertz CT molecular complexity index is 769. The number of ketones is 1. The number of rotatable bonds is 6. The smallest absolute Gasteiger partial charge is 0.313 e. The first-order valence-corrected chi connectivity index (χ1v) is 7.82. The van der Waals surface area contributed by atoms with Gasteiger partial charge in [-0.15, -0.1) is 0 Å². The van der Waals surface area contributed by atoms with Gasteiger partial charge in [-0.3, -0.25) is 14.4 Å². The summed E-state index contributed by atoms with van der Waals surface area (Å²) >= 11 is 0. The normalized spacial score (nSPS) is 10.0. The molecule has 0 saturated carbocycles. The van der Waals surface area contributed by atoms with E-state index in [1.165, 1.54) is 13.0 Å². The monoisotopic (exact) mass is 340 g/mol. The van der Waals surface area contributed by atoms with Gasteiger partial charge in [-0.25, -0.2) is 0 Å². The second-order valence-corrected chi connectivity index (χ2v) is 5.45. The first-order chi connectivity index (χ1) is 12.0. The molecule has 0 spiro atoms. The predicted molar refractivity (Wildman–Crippen MR) is 94.8 cm³/mol. The van der Waals surface area contributed by atoms with Crippen LogP contribution in [0, 0.1) is 0 Å². The van der Waals surface area contributed by atoms with Crippen molar-refractivity contribution in [2.45, 2.75) is 13.3 Å². The molecule has 2 aromatic rings.